The second-order valence-corrected chi connectivity index (χ2v) is 9.74. The molecule has 3 heterocycles. The molecule has 0 atom stereocenters. The van der Waals surface area contributed by atoms with Crippen molar-refractivity contribution in [3.63, 3.8) is 0 Å². The summed E-state index contributed by atoms with van der Waals surface area (Å²) in [6, 6.07) is 18.3. The third-order valence-corrected chi connectivity index (χ3v) is 7.09. The van der Waals surface area contributed by atoms with E-state index < -0.39 is 5.91 Å². The van der Waals surface area contributed by atoms with Gasteiger partial charge in [0.1, 0.15) is 5.58 Å². The topological polar surface area (TPSA) is 77.8 Å². The van der Waals surface area contributed by atoms with Crippen LogP contribution in [0.15, 0.2) is 70.5 Å². The molecule has 0 radical (unpaired) electrons. The molecule has 10 heteroatoms. The summed E-state index contributed by atoms with van der Waals surface area (Å²) in [6.07, 6.45) is 0. The highest BCUT2D eigenvalue weighted by Crippen LogP contribution is 2.30. The second-order valence-electron chi connectivity index (χ2n) is 7.98. The number of carbonyl (C=O) groups excluding carboxylic acids is 2. The van der Waals surface area contributed by atoms with Gasteiger partial charge in [0.05, 0.1) is 15.6 Å². The van der Waals surface area contributed by atoms with Crippen molar-refractivity contribution in [1.82, 2.24) is 10.2 Å². The number of anilines is 2. The second kappa shape index (κ2) is 10.1. The molecule has 0 bridgehead atoms. The number of rotatable bonds is 4. The number of para-hydroxylation sites is 1. The lowest BCUT2D eigenvalue weighted by Crippen LogP contribution is -2.48. The number of halogens is 1. The first-order chi connectivity index (χ1) is 17.0. The van der Waals surface area contributed by atoms with E-state index in [0.29, 0.717) is 42.5 Å². The molecule has 0 aliphatic carbocycles. The van der Waals surface area contributed by atoms with Crippen LogP contribution in [0.4, 0.5) is 11.4 Å². The summed E-state index contributed by atoms with van der Waals surface area (Å²) in [4.78, 5) is 29.9. The van der Waals surface area contributed by atoms with E-state index in [1.54, 1.807) is 18.2 Å². The van der Waals surface area contributed by atoms with Crippen molar-refractivity contribution in [3.8, 4) is 0 Å². The van der Waals surface area contributed by atoms with E-state index in [1.807, 2.05) is 52.7 Å². The summed E-state index contributed by atoms with van der Waals surface area (Å²) >= 11 is 13.3. The number of fused-ring (bicyclic) bond motifs is 1. The minimum atomic E-state index is -0.434. The number of thiophene rings is 1. The van der Waals surface area contributed by atoms with Crippen LogP contribution in [-0.4, -0.2) is 48.0 Å². The lowest BCUT2D eigenvalue weighted by molar-refractivity contribution is 0.0751. The van der Waals surface area contributed by atoms with Gasteiger partial charge in [-0.1, -0.05) is 35.9 Å². The van der Waals surface area contributed by atoms with Crippen molar-refractivity contribution in [3.05, 3.63) is 81.7 Å². The van der Waals surface area contributed by atoms with Crippen molar-refractivity contribution < 1.29 is 14.0 Å². The van der Waals surface area contributed by atoms with E-state index in [0.717, 1.165) is 16.0 Å². The molecule has 2 amide bonds. The molecule has 7 nitrogen and oxygen atoms in total. The molecular formula is C25H21ClN4O3S2. The van der Waals surface area contributed by atoms with Crippen molar-refractivity contribution in [1.29, 1.82) is 0 Å². The Kier molecular flexibility index (Phi) is 6.72. The third-order valence-electron chi connectivity index (χ3n) is 5.72. The maximum Gasteiger partial charge on any atom is 0.293 e. The SMILES string of the molecule is O=C(NC(=S)Nc1ccc(N2CCN(C(=O)c3cccs3)CC2)c(Cl)c1)c1cc2ccccc2o1. The minimum absolute atomic E-state index is 0.0727. The number of thiocarbonyl (C=S) groups is 1. The van der Waals surface area contributed by atoms with Crippen molar-refractivity contribution in [2.75, 3.05) is 36.4 Å². The summed E-state index contributed by atoms with van der Waals surface area (Å²) in [5.41, 5.74) is 2.17. The summed E-state index contributed by atoms with van der Waals surface area (Å²) in [5.74, 6) is -0.180. The maximum absolute atomic E-state index is 12.6. The molecular weight excluding hydrogens is 504 g/mol. The third kappa shape index (κ3) is 5.17. The molecule has 2 aromatic heterocycles. The highest BCUT2D eigenvalue weighted by molar-refractivity contribution is 7.80. The number of amides is 2. The van der Waals surface area contributed by atoms with E-state index in [1.165, 1.54) is 11.3 Å². The van der Waals surface area contributed by atoms with Crippen molar-refractivity contribution >= 4 is 74.4 Å². The molecule has 35 heavy (non-hydrogen) atoms. The molecule has 0 spiro atoms. The zero-order valence-corrected chi connectivity index (χ0v) is 20.9. The molecule has 1 aliphatic heterocycles. The highest BCUT2D eigenvalue weighted by Gasteiger charge is 2.24. The highest BCUT2D eigenvalue weighted by atomic mass is 35.5. The van der Waals surface area contributed by atoms with Gasteiger partial charge in [0.25, 0.3) is 11.8 Å². The van der Waals surface area contributed by atoms with Gasteiger partial charge in [-0.3, -0.25) is 14.9 Å². The largest absolute Gasteiger partial charge is 0.451 e. The first kappa shape index (κ1) is 23.3. The van der Waals surface area contributed by atoms with Crippen molar-refractivity contribution in [2.24, 2.45) is 0 Å². The number of nitrogens with one attached hydrogen (secondary N) is 2. The Balaban J connectivity index is 1.17. The fraction of sp³-hybridized carbons (Fsp3) is 0.160. The summed E-state index contributed by atoms with van der Waals surface area (Å²) in [6.45, 7) is 2.64. The van der Waals surface area contributed by atoms with Crippen LogP contribution in [0.1, 0.15) is 20.2 Å². The Morgan fingerprint density at radius 1 is 1.00 bits per heavy atom. The lowest BCUT2D eigenvalue weighted by Gasteiger charge is -2.36. The predicted molar refractivity (Wildman–Crippen MR) is 144 cm³/mol. The first-order valence-electron chi connectivity index (χ1n) is 11.0. The fourth-order valence-electron chi connectivity index (χ4n) is 3.97. The van der Waals surface area contributed by atoms with Crippen LogP contribution < -0.4 is 15.5 Å². The number of carbonyl (C=O) groups is 2. The van der Waals surface area contributed by atoms with E-state index in [4.69, 9.17) is 28.2 Å². The van der Waals surface area contributed by atoms with Crippen LogP contribution in [0.2, 0.25) is 5.02 Å². The Morgan fingerprint density at radius 2 is 1.80 bits per heavy atom. The van der Waals surface area contributed by atoms with Crippen LogP contribution >= 0.6 is 35.2 Å². The summed E-state index contributed by atoms with van der Waals surface area (Å²) in [7, 11) is 0. The molecule has 5 rings (SSSR count). The summed E-state index contributed by atoms with van der Waals surface area (Å²) < 4.78 is 5.58. The standard InChI is InChI=1S/C25H21ClN4O3S2/c26-18-15-17(27-25(34)28-23(31)21-14-16-4-1-2-5-20(16)33-21)7-8-19(18)29-9-11-30(12-10-29)24(32)22-6-3-13-35-22/h1-8,13-15H,9-12H2,(H2,27,28,31,34). The van der Waals surface area contributed by atoms with Crippen LogP contribution in [0.25, 0.3) is 11.0 Å². The average Bonchev–Trinajstić information content (AvgIpc) is 3.54. The summed E-state index contributed by atoms with van der Waals surface area (Å²) in [5, 5.41) is 9.06. The Morgan fingerprint density at radius 3 is 2.51 bits per heavy atom. The number of benzene rings is 2. The van der Waals surface area contributed by atoms with Gasteiger partial charge in [-0.25, -0.2) is 0 Å². The van der Waals surface area contributed by atoms with Gasteiger partial charge in [0.15, 0.2) is 10.9 Å². The van der Waals surface area contributed by atoms with Gasteiger partial charge in [-0.05, 0) is 54.0 Å². The number of nitrogens with zero attached hydrogens (tertiary/aromatic N) is 2. The molecule has 1 saturated heterocycles. The van der Waals surface area contributed by atoms with Gasteiger partial charge in [0.2, 0.25) is 0 Å². The molecule has 1 aliphatic rings. The molecule has 2 N–H and O–H groups in total. The molecule has 178 valence electrons. The average molecular weight is 525 g/mol. The monoisotopic (exact) mass is 524 g/mol. The van der Waals surface area contributed by atoms with E-state index in [9.17, 15) is 9.59 Å². The number of hydrogen-bond donors (Lipinski definition) is 2. The van der Waals surface area contributed by atoms with Gasteiger partial charge in [0, 0.05) is 37.3 Å². The Bertz CT molecular complexity index is 1360. The number of piperazine rings is 1. The maximum atomic E-state index is 12.6. The Hall–Kier alpha value is -3.40. The smallest absolute Gasteiger partial charge is 0.293 e. The van der Waals surface area contributed by atoms with Gasteiger partial charge in [-0.2, -0.15) is 0 Å². The van der Waals surface area contributed by atoms with Crippen LogP contribution in [0, 0.1) is 0 Å². The normalized spacial score (nSPS) is 13.6. The van der Waals surface area contributed by atoms with Crippen LogP contribution in [-0.2, 0) is 0 Å². The van der Waals surface area contributed by atoms with Gasteiger partial charge >= 0.3 is 0 Å². The molecule has 0 unspecified atom stereocenters. The van der Waals surface area contributed by atoms with Crippen molar-refractivity contribution in [2.45, 2.75) is 0 Å². The first-order valence-corrected chi connectivity index (χ1v) is 12.6. The zero-order chi connectivity index (χ0) is 24.4. The molecule has 4 aromatic rings. The Labute approximate surface area is 216 Å². The molecule has 0 saturated carbocycles. The predicted octanol–water partition coefficient (Wildman–Crippen LogP) is 5.24. The minimum Gasteiger partial charge on any atom is -0.451 e. The van der Waals surface area contributed by atoms with Crippen LogP contribution in [0.5, 0.6) is 0 Å². The number of furan rings is 1. The van der Waals surface area contributed by atoms with Crippen LogP contribution in [0.3, 0.4) is 0 Å². The number of hydrogen-bond acceptors (Lipinski definition) is 6. The zero-order valence-electron chi connectivity index (χ0n) is 18.5. The van der Waals surface area contributed by atoms with E-state index >= 15 is 0 Å². The van der Waals surface area contributed by atoms with E-state index in [2.05, 4.69) is 15.5 Å². The quantitative estimate of drug-likeness (QED) is 0.356. The molecule has 1 fully saturated rings. The lowest BCUT2D eigenvalue weighted by atomic mass is 10.2. The van der Waals surface area contributed by atoms with Gasteiger partial charge in [-0.15, -0.1) is 11.3 Å². The fourth-order valence-corrected chi connectivity index (χ4v) is 5.17. The van der Waals surface area contributed by atoms with E-state index in [-0.39, 0.29) is 16.8 Å². The van der Waals surface area contributed by atoms with Gasteiger partial charge < -0.3 is 19.5 Å². The molecule has 2 aromatic carbocycles.